The molecule has 0 atom stereocenters. The second-order valence-corrected chi connectivity index (χ2v) is 4.41. The molecule has 0 unspecified atom stereocenters. The van der Waals surface area contributed by atoms with Gasteiger partial charge < -0.3 is 15.4 Å². The quantitative estimate of drug-likeness (QED) is 0.816. The van der Waals surface area contributed by atoms with Gasteiger partial charge in [-0.15, -0.1) is 0 Å². The van der Waals surface area contributed by atoms with Crippen molar-refractivity contribution in [3.63, 3.8) is 0 Å². The molecule has 1 amide bonds. The van der Waals surface area contributed by atoms with E-state index in [9.17, 15) is 9.18 Å². The van der Waals surface area contributed by atoms with Gasteiger partial charge in [0.05, 0.1) is 7.11 Å². The minimum atomic E-state index is -0.298. The first kappa shape index (κ1) is 15.4. The fourth-order valence-electron chi connectivity index (χ4n) is 1.80. The number of hydrogen-bond acceptors (Lipinski definition) is 3. The van der Waals surface area contributed by atoms with Crippen LogP contribution >= 0.6 is 0 Å². The van der Waals surface area contributed by atoms with Crippen molar-refractivity contribution in [1.82, 2.24) is 4.90 Å². The number of nitrogens with two attached hydrogens (primary N) is 1. The summed E-state index contributed by atoms with van der Waals surface area (Å²) >= 11 is 0. The average Bonchev–Trinajstić information content (AvgIpc) is 2.42. The lowest BCUT2D eigenvalue weighted by atomic mass is 10.1. The Bertz CT molecular complexity index is 424. The highest BCUT2D eigenvalue weighted by Gasteiger charge is 2.10. The van der Waals surface area contributed by atoms with Gasteiger partial charge in [-0.2, -0.15) is 0 Å². The third-order valence-electron chi connectivity index (χ3n) is 2.98. The van der Waals surface area contributed by atoms with Crippen LogP contribution in [-0.2, 0) is 11.2 Å². The number of rotatable bonds is 7. The van der Waals surface area contributed by atoms with Gasteiger partial charge in [-0.1, -0.05) is 0 Å². The van der Waals surface area contributed by atoms with E-state index >= 15 is 0 Å². The summed E-state index contributed by atoms with van der Waals surface area (Å²) in [6, 6.07) is 4.40. The fraction of sp³-hybridized carbons (Fsp3) is 0.500. The van der Waals surface area contributed by atoms with E-state index in [-0.39, 0.29) is 11.7 Å². The van der Waals surface area contributed by atoms with Gasteiger partial charge in [0.15, 0.2) is 0 Å². The Kier molecular flexibility index (Phi) is 6.29. The Morgan fingerprint density at radius 3 is 2.84 bits per heavy atom. The number of likely N-dealkylation sites (N-methyl/N-ethyl adjacent to an activating group) is 1. The molecule has 0 aliphatic carbocycles. The lowest BCUT2D eigenvalue weighted by Gasteiger charge is -2.18. The van der Waals surface area contributed by atoms with Crippen molar-refractivity contribution >= 4 is 5.91 Å². The molecule has 0 heterocycles. The number of carbonyl (C=O) groups is 1. The minimum Gasteiger partial charge on any atom is -0.496 e. The Morgan fingerprint density at radius 1 is 1.47 bits per heavy atom. The molecule has 0 aliphatic rings. The molecular weight excluding hydrogens is 247 g/mol. The lowest BCUT2D eigenvalue weighted by Crippen LogP contribution is -2.29. The lowest BCUT2D eigenvalue weighted by molar-refractivity contribution is -0.129. The number of nitrogens with zero attached hydrogens (tertiary/aromatic N) is 1. The standard InChI is InChI=1S/C14H21FN2O2/c1-17(14(18)4-3-8-16)9-7-11-10-12(15)5-6-13(11)19-2/h5-6,10H,3-4,7-9,16H2,1-2H3. The van der Waals surface area contributed by atoms with E-state index in [4.69, 9.17) is 10.5 Å². The van der Waals surface area contributed by atoms with E-state index in [2.05, 4.69) is 0 Å². The van der Waals surface area contributed by atoms with Crippen LogP contribution in [-0.4, -0.2) is 38.1 Å². The molecular formula is C14H21FN2O2. The molecule has 19 heavy (non-hydrogen) atoms. The number of carbonyl (C=O) groups excluding carboxylic acids is 1. The van der Waals surface area contributed by atoms with Gasteiger partial charge in [0, 0.05) is 20.0 Å². The fourth-order valence-corrected chi connectivity index (χ4v) is 1.80. The Labute approximate surface area is 113 Å². The summed E-state index contributed by atoms with van der Waals surface area (Å²) in [7, 11) is 3.29. The van der Waals surface area contributed by atoms with Crippen molar-refractivity contribution in [1.29, 1.82) is 0 Å². The summed E-state index contributed by atoms with van der Waals surface area (Å²) in [4.78, 5) is 13.3. The molecule has 2 N–H and O–H groups in total. The molecule has 5 heteroatoms. The monoisotopic (exact) mass is 268 g/mol. The van der Waals surface area contributed by atoms with E-state index in [1.807, 2.05) is 0 Å². The predicted octanol–water partition coefficient (Wildman–Crippen LogP) is 1.57. The molecule has 0 spiro atoms. The molecule has 1 aromatic rings. The second kappa shape index (κ2) is 7.74. The molecule has 0 saturated heterocycles. The third-order valence-corrected chi connectivity index (χ3v) is 2.98. The van der Waals surface area contributed by atoms with Crippen molar-refractivity contribution in [2.75, 3.05) is 27.2 Å². The number of ether oxygens (including phenoxy) is 1. The zero-order valence-electron chi connectivity index (χ0n) is 11.5. The SMILES string of the molecule is COc1ccc(F)cc1CCN(C)C(=O)CCCN. The van der Waals surface area contributed by atoms with Crippen LogP contribution in [0, 0.1) is 5.82 Å². The van der Waals surface area contributed by atoms with E-state index in [0.717, 1.165) is 5.56 Å². The summed E-state index contributed by atoms with van der Waals surface area (Å²) in [5, 5.41) is 0. The second-order valence-electron chi connectivity index (χ2n) is 4.41. The summed E-state index contributed by atoms with van der Waals surface area (Å²) in [5.41, 5.74) is 6.13. The van der Waals surface area contributed by atoms with Gasteiger partial charge in [-0.25, -0.2) is 4.39 Å². The largest absolute Gasteiger partial charge is 0.496 e. The van der Waals surface area contributed by atoms with Crippen molar-refractivity contribution in [3.8, 4) is 5.75 Å². The molecule has 0 saturated carbocycles. The van der Waals surface area contributed by atoms with Crippen LogP contribution in [0.5, 0.6) is 5.75 Å². The highest BCUT2D eigenvalue weighted by molar-refractivity contribution is 5.75. The van der Waals surface area contributed by atoms with E-state index in [1.54, 1.807) is 25.1 Å². The summed E-state index contributed by atoms with van der Waals surface area (Å²) in [6.07, 6.45) is 1.70. The van der Waals surface area contributed by atoms with Crippen LogP contribution in [0.3, 0.4) is 0 Å². The first-order valence-electron chi connectivity index (χ1n) is 6.35. The third kappa shape index (κ3) is 4.87. The molecule has 0 bridgehead atoms. The number of halogens is 1. The Morgan fingerprint density at radius 2 is 2.21 bits per heavy atom. The van der Waals surface area contributed by atoms with Crippen LogP contribution in [0.15, 0.2) is 18.2 Å². The van der Waals surface area contributed by atoms with Crippen LogP contribution in [0.2, 0.25) is 0 Å². The maximum atomic E-state index is 13.2. The molecule has 1 aromatic carbocycles. The van der Waals surface area contributed by atoms with Crippen molar-refractivity contribution in [3.05, 3.63) is 29.6 Å². The smallest absolute Gasteiger partial charge is 0.222 e. The maximum absolute atomic E-state index is 13.2. The van der Waals surface area contributed by atoms with Gasteiger partial charge in [0.1, 0.15) is 11.6 Å². The number of benzene rings is 1. The topological polar surface area (TPSA) is 55.6 Å². The first-order chi connectivity index (χ1) is 9.08. The van der Waals surface area contributed by atoms with Gasteiger partial charge in [-0.05, 0) is 43.1 Å². The molecule has 0 fully saturated rings. The number of amides is 1. The summed E-state index contributed by atoms with van der Waals surface area (Å²) in [6.45, 7) is 1.04. The Balaban J connectivity index is 2.56. The number of hydrogen-bond donors (Lipinski definition) is 1. The molecule has 1 rings (SSSR count). The molecule has 0 aromatic heterocycles. The number of methoxy groups -OCH3 is 1. The summed E-state index contributed by atoms with van der Waals surface area (Å²) in [5.74, 6) is 0.401. The highest BCUT2D eigenvalue weighted by Crippen LogP contribution is 2.20. The average molecular weight is 268 g/mol. The zero-order valence-corrected chi connectivity index (χ0v) is 11.5. The Hall–Kier alpha value is -1.62. The predicted molar refractivity (Wildman–Crippen MR) is 72.6 cm³/mol. The van der Waals surface area contributed by atoms with Gasteiger partial charge in [0.2, 0.25) is 5.91 Å². The van der Waals surface area contributed by atoms with Crippen molar-refractivity contribution in [2.45, 2.75) is 19.3 Å². The molecule has 0 aliphatic heterocycles. The van der Waals surface area contributed by atoms with Crippen LogP contribution in [0.25, 0.3) is 0 Å². The normalized spacial score (nSPS) is 10.3. The van der Waals surface area contributed by atoms with Crippen LogP contribution < -0.4 is 10.5 Å². The maximum Gasteiger partial charge on any atom is 0.222 e. The van der Waals surface area contributed by atoms with E-state index in [1.165, 1.54) is 12.1 Å². The van der Waals surface area contributed by atoms with Crippen molar-refractivity contribution in [2.24, 2.45) is 5.73 Å². The van der Waals surface area contributed by atoms with Crippen LogP contribution in [0.1, 0.15) is 18.4 Å². The highest BCUT2D eigenvalue weighted by atomic mass is 19.1. The van der Waals surface area contributed by atoms with Gasteiger partial charge >= 0.3 is 0 Å². The van der Waals surface area contributed by atoms with Gasteiger partial charge in [-0.3, -0.25) is 4.79 Å². The van der Waals surface area contributed by atoms with E-state index in [0.29, 0.717) is 38.1 Å². The zero-order chi connectivity index (χ0) is 14.3. The molecule has 106 valence electrons. The minimum absolute atomic E-state index is 0.0563. The van der Waals surface area contributed by atoms with Gasteiger partial charge in [0.25, 0.3) is 0 Å². The van der Waals surface area contributed by atoms with Crippen LogP contribution in [0.4, 0.5) is 4.39 Å². The molecule has 4 nitrogen and oxygen atoms in total. The van der Waals surface area contributed by atoms with E-state index < -0.39 is 0 Å². The molecule has 0 radical (unpaired) electrons. The summed E-state index contributed by atoms with van der Waals surface area (Å²) < 4.78 is 18.4. The van der Waals surface area contributed by atoms with Crippen molar-refractivity contribution < 1.29 is 13.9 Å². The first-order valence-corrected chi connectivity index (χ1v) is 6.35.